The summed E-state index contributed by atoms with van der Waals surface area (Å²) in [5.41, 5.74) is 0.726. The Hall–Kier alpha value is -0.680. The Bertz CT molecular complexity index is 453. The minimum absolute atomic E-state index is 0.246. The third kappa shape index (κ3) is 3.20. The number of aromatic carboxylic acids is 1. The molecule has 1 fully saturated rings. The first kappa shape index (κ1) is 13.7. The van der Waals surface area contributed by atoms with Crippen LogP contribution in [-0.2, 0) is 16.6 Å². The fourth-order valence-electron chi connectivity index (χ4n) is 2.53. The molecule has 0 aliphatic heterocycles. The molecule has 1 aliphatic rings. The summed E-state index contributed by atoms with van der Waals surface area (Å²) in [6.07, 6.45) is 4.40. The van der Waals surface area contributed by atoms with Crippen LogP contribution in [0.2, 0.25) is 0 Å². The quantitative estimate of drug-likeness (QED) is 0.924. The SMILES string of the molecule is CC1CCCC(S(=O)Cc2ccsc2C(=O)O)C1. The summed E-state index contributed by atoms with van der Waals surface area (Å²) in [7, 11) is -0.940. The van der Waals surface area contributed by atoms with Crippen LogP contribution in [0.5, 0.6) is 0 Å². The van der Waals surface area contributed by atoms with E-state index >= 15 is 0 Å². The Morgan fingerprint density at radius 3 is 3.00 bits per heavy atom. The molecule has 2 rings (SSSR count). The van der Waals surface area contributed by atoms with Crippen molar-refractivity contribution in [3.8, 4) is 0 Å². The van der Waals surface area contributed by atoms with Crippen molar-refractivity contribution in [3.63, 3.8) is 0 Å². The van der Waals surface area contributed by atoms with Crippen LogP contribution < -0.4 is 0 Å². The van der Waals surface area contributed by atoms with Crippen LogP contribution in [-0.4, -0.2) is 20.5 Å². The van der Waals surface area contributed by atoms with Crippen molar-refractivity contribution in [3.05, 3.63) is 21.9 Å². The van der Waals surface area contributed by atoms with Gasteiger partial charge in [0.1, 0.15) is 4.88 Å². The number of hydrogen-bond donors (Lipinski definition) is 1. The number of thiophene rings is 1. The van der Waals surface area contributed by atoms with Gasteiger partial charge in [-0.25, -0.2) is 4.79 Å². The lowest BCUT2D eigenvalue weighted by Crippen LogP contribution is -2.24. The van der Waals surface area contributed by atoms with Gasteiger partial charge in [-0.1, -0.05) is 19.8 Å². The maximum Gasteiger partial charge on any atom is 0.346 e. The van der Waals surface area contributed by atoms with E-state index < -0.39 is 16.8 Å². The Balaban J connectivity index is 2.02. The van der Waals surface area contributed by atoms with E-state index in [9.17, 15) is 9.00 Å². The zero-order chi connectivity index (χ0) is 13.1. The lowest BCUT2D eigenvalue weighted by molar-refractivity contribution is 0.0701. The molecule has 1 aromatic rings. The van der Waals surface area contributed by atoms with Crippen molar-refractivity contribution in [2.24, 2.45) is 5.92 Å². The van der Waals surface area contributed by atoms with Gasteiger partial charge < -0.3 is 5.11 Å². The van der Waals surface area contributed by atoms with Gasteiger partial charge in [0.15, 0.2) is 0 Å². The third-order valence-corrected chi connectivity index (χ3v) is 6.21. The summed E-state index contributed by atoms with van der Waals surface area (Å²) >= 11 is 1.21. The van der Waals surface area contributed by atoms with E-state index in [0.29, 0.717) is 16.5 Å². The molecule has 0 saturated heterocycles. The second-order valence-corrected chi connectivity index (χ2v) is 7.63. The molecule has 5 heteroatoms. The number of rotatable bonds is 4. The van der Waals surface area contributed by atoms with Crippen molar-refractivity contribution < 1.29 is 14.1 Å². The van der Waals surface area contributed by atoms with Crippen molar-refractivity contribution in [2.45, 2.75) is 43.6 Å². The van der Waals surface area contributed by atoms with E-state index in [1.807, 2.05) is 0 Å². The highest BCUT2D eigenvalue weighted by molar-refractivity contribution is 7.84. The highest BCUT2D eigenvalue weighted by Gasteiger charge is 2.25. The van der Waals surface area contributed by atoms with Crippen molar-refractivity contribution in [2.75, 3.05) is 0 Å². The van der Waals surface area contributed by atoms with Gasteiger partial charge in [-0.3, -0.25) is 4.21 Å². The van der Waals surface area contributed by atoms with E-state index in [-0.39, 0.29) is 5.25 Å². The van der Waals surface area contributed by atoms with E-state index in [4.69, 9.17) is 5.11 Å². The van der Waals surface area contributed by atoms with Crippen LogP contribution in [0.25, 0.3) is 0 Å². The minimum Gasteiger partial charge on any atom is -0.477 e. The molecule has 1 N–H and O–H groups in total. The summed E-state index contributed by atoms with van der Waals surface area (Å²) in [5, 5.41) is 11.0. The van der Waals surface area contributed by atoms with Gasteiger partial charge in [0.2, 0.25) is 0 Å². The Morgan fingerprint density at radius 2 is 2.33 bits per heavy atom. The zero-order valence-electron chi connectivity index (χ0n) is 10.4. The first-order chi connectivity index (χ1) is 8.58. The fourth-order valence-corrected chi connectivity index (χ4v) is 5.13. The molecule has 3 unspecified atom stereocenters. The molecule has 1 saturated carbocycles. The van der Waals surface area contributed by atoms with E-state index in [0.717, 1.165) is 24.8 Å². The van der Waals surface area contributed by atoms with E-state index in [1.165, 1.54) is 17.8 Å². The van der Waals surface area contributed by atoms with Gasteiger partial charge in [0, 0.05) is 16.0 Å². The van der Waals surface area contributed by atoms with E-state index in [1.54, 1.807) is 11.4 Å². The van der Waals surface area contributed by atoms with Crippen LogP contribution >= 0.6 is 11.3 Å². The van der Waals surface area contributed by atoms with Gasteiger partial charge >= 0.3 is 5.97 Å². The predicted octanol–water partition coefficient (Wildman–Crippen LogP) is 3.27. The molecule has 18 heavy (non-hydrogen) atoms. The van der Waals surface area contributed by atoms with Gasteiger partial charge in [0.25, 0.3) is 0 Å². The molecule has 1 aliphatic carbocycles. The maximum absolute atomic E-state index is 12.3. The topological polar surface area (TPSA) is 54.4 Å². The third-order valence-electron chi connectivity index (χ3n) is 3.50. The highest BCUT2D eigenvalue weighted by atomic mass is 32.2. The van der Waals surface area contributed by atoms with Crippen molar-refractivity contribution >= 4 is 28.1 Å². The summed E-state index contributed by atoms with van der Waals surface area (Å²) in [5.74, 6) is 0.130. The molecule has 1 heterocycles. The molecule has 100 valence electrons. The summed E-state index contributed by atoms with van der Waals surface area (Å²) in [4.78, 5) is 11.3. The van der Waals surface area contributed by atoms with E-state index in [2.05, 4.69) is 6.92 Å². The monoisotopic (exact) mass is 286 g/mol. The van der Waals surface area contributed by atoms with Gasteiger partial charge in [-0.15, -0.1) is 11.3 Å². The number of carboxylic acids is 1. The maximum atomic E-state index is 12.3. The first-order valence-electron chi connectivity index (χ1n) is 6.24. The smallest absolute Gasteiger partial charge is 0.346 e. The van der Waals surface area contributed by atoms with Gasteiger partial charge in [0.05, 0.1) is 5.75 Å². The predicted molar refractivity (Wildman–Crippen MR) is 74.5 cm³/mol. The molecule has 0 bridgehead atoms. The van der Waals surface area contributed by atoms with Gasteiger partial charge in [-0.05, 0) is 35.8 Å². The first-order valence-corrected chi connectivity index (χ1v) is 8.51. The summed E-state index contributed by atoms with van der Waals surface area (Å²) < 4.78 is 12.3. The number of hydrogen-bond acceptors (Lipinski definition) is 3. The highest BCUT2D eigenvalue weighted by Crippen LogP contribution is 2.29. The number of carboxylic acid groups (broad SMARTS) is 1. The molecule has 0 radical (unpaired) electrons. The Labute approximate surface area is 114 Å². The summed E-state index contributed by atoms with van der Waals surface area (Å²) in [6.45, 7) is 2.20. The Kier molecular flexibility index (Phi) is 4.56. The molecule has 0 amide bonds. The zero-order valence-corrected chi connectivity index (χ0v) is 12.1. The minimum atomic E-state index is -0.940. The van der Waals surface area contributed by atoms with Gasteiger partial charge in [-0.2, -0.15) is 0 Å². The van der Waals surface area contributed by atoms with Crippen LogP contribution in [0.1, 0.15) is 47.8 Å². The molecule has 0 aromatic carbocycles. The molecular weight excluding hydrogens is 268 g/mol. The second kappa shape index (κ2) is 5.97. The fraction of sp³-hybridized carbons (Fsp3) is 0.615. The van der Waals surface area contributed by atoms with Crippen LogP contribution in [0.15, 0.2) is 11.4 Å². The lowest BCUT2D eigenvalue weighted by atomic mass is 9.91. The van der Waals surface area contributed by atoms with Crippen molar-refractivity contribution in [1.29, 1.82) is 0 Å². The standard InChI is InChI=1S/C13H18O3S2/c1-9-3-2-4-11(7-9)18(16)8-10-5-6-17-12(10)13(14)15/h5-6,9,11H,2-4,7-8H2,1H3,(H,14,15). The van der Waals surface area contributed by atoms with Crippen LogP contribution in [0, 0.1) is 5.92 Å². The molecule has 1 aromatic heterocycles. The van der Waals surface area contributed by atoms with Crippen LogP contribution in [0.4, 0.5) is 0 Å². The largest absolute Gasteiger partial charge is 0.477 e. The van der Waals surface area contributed by atoms with Crippen LogP contribution in [0.3, 0.4) is 0 Å². The Morgan fingerprint density at radius 1 is 1.56 bits per heavy atom. The number of carbonyl (C=O) groups is 1. The second-order valence-electron chi connectivity index (χ2n) is 5.00. The molecule has 3 nitrogen and oxygen atoms in total. The van der Waals surface area contributed by atoms with Crippen molar-refractivity contribution in [1.82, 2.24) is 0 Å². The molecular formula is C13H18O3S2. The molecule has 3 atom stereocenters. The summed E-state index contributed by atoms with van der Waals surface area (Å²) in [6, 6.07) is 1.79. The molecule has 0 spiro atoms. The average Bonchev–Trinajstić information content (AvgIpc) is 2.77. The average molecular weight is 286 g/mol. The lowest BCUT2D eigenvalue weighted by Gasteiger charge is -2.25. The normalized spacial score (nSPS) is 25.8.